The Hall–Kier alpha value is -1.51. The normalized spacial score (nSPS) is 18.6. The number of hydrogen-bond acceptors (Lipinski definition) is 2. The fourth-order valence-electron chi connectivity index (χ4n) is 2.77. The van der Waals surface area contributed by atoms with Gasteiger partial charge < -0.3 is 10.2 Å². The molecule has 2 rings (SSSR count). The van der Waals surface area contributed by atoms with Gasteiger partial charge in [-0.05, 0) is 36.8 Å². The molecule has 3 heteroatoms. The number of carbonyl (C=O) groups excluding carboxylic acids is 1. The number of anilines is 1. The van der Waals surface area contributed by atoms with Gasteiger partial charge in [0.1, 0.15) is 0 Å². The van der Waals surface area contributed by atoms with Crippen LogP contribution in [0.25, 0.3) is 0 Å². The van der Waals surface area contributed by atoms with E-state index in [1.807, 2.05) is 29.2 Å². The lowest BCUT2D eigenvalue weighted by molar-refractivity contribution is 0.0785. The molecule has 0 bridgehead atoms. The maximum Gasteiger partial charge on any atom is 0.255 e. The SMILES string of the molecule is CCCNc1ccccc1C(=O)N1CCC(C(C)C)C1. The number of hydrogen-bond donors (Lipinski definition) is 1. The van der Waals surface area contributed by atoms with Gasteiger partial charge >= 0.3 is 0 Å². The summed E-state index contributed by atoms with van der Waals surface area (Å²) in [6.07, 6.45) is 2.19. The Morgan fingerprint density at radius 1 is 1.40 bits per heavy atom. The van der Waals surface area contributed by atoms with Crippen LogP contribution in [0.2, 0.25) is 0 Å². The summed E-state index contributed by atoms with van der Waals surface area (Å²) >= 11 is 0. The second kappa shape index (κ2) is 6.78. The maximum atomic E-state index is 12.7. The number of amides is 1. The van der Waals surface area contributed by atoms with Gasteiger partial charge in [-0.2, -0.15) is 0 Å². The molecule has 1 atom stereocenters. The maximum absolute atomic E-state index is 12.7. The van der Waals surface area contributed by atoms with Crippen LogP contribution in [0.1, 0.15) is 44.0 Å². The van der Waals surface area contributed by atoms with Crippen molar-refractivity contribution in [1.82, 2.24) is 4.90 Å². The van der Waals surface area contributed by atoms with E-state index in [9.17, 15) is 4.79 Å². The van der Waals surface area contributed by atoms with E-state index in [0.717, 1.165) is 43.7 Å². The van der Waals surface area contributed by atoms with Gasteiger partial charge in [0.15, 0.2) is 0 Å². The van der Waals surface area contributed by atoms with Crippen molar-refractivity contribution < 1.29 is 4.79 Å². The Labute approximate surface area is 122 Å². The Balaban J connectivity index is 2.09. The van der Waals surface area contributed by atoms with Gasteiger partial charge in [0, 0.05) is 25.3 Å². The standard InChI is InChI=1S/C17H26N2O/c1-4-10-18-16-8-6-5-7-15(16)17(20)19-11-9-14(12-19)13(2)3/h5-8,13-14,18H,4,9-12H2,1-3H3. The van der Waals surface area contributed by atoms with Crippen LogP contribution in [0.5, 0.6) is 0 Å². The molecule has 110 valence electrons. The average molecular weight is 274 g/mol. The summed E-state index contributed by atoms with van der Waals surface area (Å²) in [5.74, 6) is 1.48. The van der Waals surface area contributed by atoms with Crippen molar-refractivity contribution in [2.45, 2.75) is 33.6 Å². The van der Waals surface area contributed by atoms with Crippen LogP contribution in [-0.4, -0.2) is 30.4 Å². The van der Waals surface area contributed by atoms with E-state index in [-0.39, 0.29) is 5.91 Å². The molecule has 3 nitrogen and oxygen atoms in total. The lowest BCUT2D eigenvalue weighted by Gasteiger charge is -2.20. The highest BCUT2D eigenvalue weighted by Gasteiger charge is 2.29. The van der Waals surface area contributed by atoms with Crippen molar-refractivity contribution in [3.63, 3.8) is 0 Å². The summed E-state index contributed by atoms with van der Waals surface area (Å²) < 4.78 is 0. The zero-order chi connectivity index (χ0) is 14.5. The number of likely N-dealkylation sites (tertiary alicyclic amines) is 1. The number of para-hydroxylation sites is 1. The van der Waals surface area contributed by atoms with E-state index in [0.29, 0.717) is 11.8 Å². The molecule has 1 fully saturated rings. The van der Waals surface area contributed by atoms with Gasteiger partial charge in [0.25, 0.3) is 5.91 Å². The monoisotopic (exact) mass is 274 g/mol. The Kier molecular flexibility index (Phi) is 5.05. The van der Waals surface area contributed by atoms with Gasteiger partial charge in [-0.1, -0.05) is 32.9 Å². The molecule has 1 saturated heterocycles. The van der Waals surface area contributed by atoms with Crippen LogP contribution in [0.3, 0.4) is 0 Å². The molecule has 1 heterocycles. The molecule has 0 saturated carbocycles. The smallest absolute Gasteiger partial charge is 0.255 e. The van der Waals surface area contributed by atoms with Crippen molar-refractivity contribution >= 4 is 11.6 Å². The summed E-state index contributed by atoms with van der Waals surface area (Å²) in [5.41, 5.74) is 1.78. The zero-order valence-corrected chi connectivity index (χ0v) is 12.9. The Morgan fingerprint density at radius 2 is 2.15 bits per heavy atom. The molecular formula is C17H26N2O. The Morgan fingerprint density at radius 3 is 2.80 bits per heavy atom. The lowest BCUT2D eigenvalue weighted by Crippen LogP contribution is -2.30. The van der Waals surface area contributed by atoms with Crippen LogP contribution in [0.15, 0.2) is 24.3 Å². The van der Waals surface area contributed by atoms with Crippen LogP contribution in [-0.2, 0) is 0 Å². The topological polar surface area (TPSA) is 32.3 Å². The second-order valence-corrected chi connectivity index (χ2v) is 6.02. The van der Waals surface area contributed by atoms with Crippen LogP contribution in [0.4, 0.5) is 5.69 Å². The first-order valence-electron chi connectivity index (χ1n) is 7.75. The number of nitrogens with one attached hydrogen (secondary N) is 1. The van der Waals surface area contributed by atoms with E-state index in [1.165, 1.54) is 0 Å². The lowest BCUT2D eigenvalue weighted by atomic mass is 9.95. The van der Waals surface area contributed by atoms with Crippen LogP contribution >= 0.6 is 0 Å². The van der Waals surface area contributed by atoms with Gasteiger partial charge in [-0.15, -0.1) is 0 Å². The average Bonchev–Trinajstić information content (AvgIpc) is 2.94. The first-order valence-corrected chi connectivity index (χ1v) is 7.75. The molecule has 1 unspecified atom stereocenters. The highest BCUT2D eigenvalue weighted by molar-refractivity contribution is 5.99. The molecule has 1 aromatic rings. The van der Waals surface area contributed by atoms with E-state index in [1.54, 1.807) is 0 Å². The van der Waals surface area contributed by atoms with E-state index in [2.05, 4.69) is 26.1 Å². The minimum atomic E-state index is 0.173. The minimum Gasteiger partial charge on any atom is -0.384 e. The van der Waals surface area contributed by atoms with E-state index in [4.69, 9.17) is 0 Å². The van der Waals surface area contributed by atoms with Crippen molar-refractivity contribution in [3.8, 4) is 0 Å². The molecular weight excluding hydrogens is 248 g/mol. The number of carbonyl (C=O) groups is 1. The largest absolute Gasteiger partial charge is 0.384 e. The zero-order valence-electron chi connectivity index (χ0n) is 12.9. The van der Waals surface area contributed by atoms with Gasteiger partial charge in [-0.3, -0.25) is 4.79 Å². The fourth-order valence-corrected chi connectivity index (χ4v) is 2.77. The Bertz CT molecular complexity index is 456. The van der Waals surface area contributed by atoms with Gasteiger partial charge in [-0.25, -0.2) is 0 Å². The molecule has 1 aromatic carbocycles. The van der Waals surface area contributed by atoms with Gasteiger partial charge in [0.2, 0.25) is 0 Å². The van der Waals surface area contributed by atoms with Crippen molar-refractivity contribution in [1.29, 1.82) is 0 Å². The summed E-state index contributed by atoms with van der Waals surface area (Å²) in [4.78, 5) is 14.7. The highest BCUT2D eigenvalue weighted by Crippen LogP contribution is 2.26. The van der Waals surface area contributed by atoms with Crippen molar-refractivity contribution in [2.75, 3.05) is 25.0 Å². The van der Waals surface area contributed by atoms with Crippen LogP contribution < -0.4 is 5.32 Å². The highest BCUT2D eigenvalue weighted by atomic mass is 16.2. The quantitative estimate of drug-likeness (QED) is 0.889. The summed E-state index contributed by atoms with van der Waals surface area (Å²) in [5, 5.41) is 3.35. The number of benzene rings is 1. The second-order valence-electron chi connectivity index (χ2n) is 6.02. The fraction of sp³-hybridized carbons (Fsp3) is 0.588. The molecule has 1 aliphatic heterocycles. The molecule has 1 amide bonds. The first-order chi connectivity index (χ1) is 9.63. The predicted molar refractivity (Wildman–Crippen MR) is 84.1 cm³/mol. The molecule has 1 N–H and O–H groups in total. The third-order valence-electron chi connectivity index (χ3n) is 4.18. The van der Waals surface area contributed by atoms with Crippen LogP contribution in [0, 0.1) is 11.8 Å². The molecule has 0 aromatic heterocycles. The molecule has 0 spiro atoms. The molecule has 0 aliphatic carbocycles. The summed E-state index contributed by atoms with van der Waals surface area (Å²) in [7, 11) is 0. The third-order valence-corrected chi connectivity index (χ3v) is 4.18. The third kappa shape index (κ3) is 3.33. The van der Waals surface area contributed by atoms with E-state index < -0.39 is 0 Å². The number of nitrogens with zero attached hydrogens (tertiary/aromatic N) is 1. The van der Waals surface area contributed by atoms with Crippen molar-refractivity contribution in [2.24, 2.45) is 11.8 Å². The molecule has 0 radical (unpaired) electrons. The summed E-state index contributed by atoms with van der Waals surface area (Å²) in [6, 6.07) is 7.86. The molecule has 1 aliphatic rings. The summed E-state index contributed by atoms with van der Waals surface area (Å²) in [6.45, 7) is 9.32. The van der Waals surface area contributed by atoms with Crippen molar-refractivity contribution in [3.05, 3.63) is 29.8 Å². The van der Waals surface area contributed by atoms with Gasteiger partial charge in [0.05, 0.1) is 5.56 Å². The number of rotatable bonds is 5. The minimum absolute atomic E-state index is 0.173. The van der Waals surface area contributed by atoms with E-state index >= 15 is 0 Å². The molecule has 20 heavy (non-hydrogen) atoms. The first kappa shape index (κ1) is 14.9. The predicted octanol–water partition coefficient (Wildman–Crippen LogP) is 3.63.